The quantitative estimate of drug-likeness (QED) is 0.477. The zero-order valence-electron chi connectivity index (χ0n) is 9.63. The second kappa shape index (κ2) is 7.18. The molecule has 1 rings (SSSR count). The van der Waals surface area contributed by atoms with Crippen molar-refractivity contribution in [2.75, 3.05) is 6.54 Å². The van der Waals surface area contributed by atoms with Gasteiger partial charge in [-0.3, -0.25) is 9.59 Å². The summed E-state index contributed by atoms with van der Waals surface area (Å²) >= 11 is 0. The van der Waals surface area contributed by atoms with E-state index in [-0.39, 0.29) is 30.9 Å². The number of Topliss-reactive ketones (excluding diaryl/α,β-unsaturated/α-hetero) is 1. The van der Waals surface area contributed by atoms with Gasteiger partial charge in [-0.15, -0.1) is 0 Å². The Bertz CT molecular complexity index is 429. The maximum absolute atomic E-state index is 11.2. The molecule has 18 heavy (non-hydrogen) atoms. The molecule has 0 aromatic heterocycles. The molecule has 6 nitrogen and oxygen atoms in total. The lowest BCUT2D eigenvalue weighted by atomic mass is 10.2. The fourth-order valence-electron chi connectivity index (χ4n) is 1.09. The van der Waals surface area contributed by atoms with E-state index in [1.54, 1.807) is 30.3 Å². The smallest absolute Gasteiger partial charge is 0.395 e. The number of ketones is 1. The maximum atomic E-state index is 11.2. The van der Waals surface area contributed by atoms with E-state index in [1.807, 2.05) is 0 Å². The Labute approximate surface area is 104 Å². The Morgan fingerprint density at radius 3 is 2.33 bits per heavy atom. The molecule has 1 aromatic carbocycles. The van der Waals surface area contributed by atoms with Crippen LogP contribution in [0.3, 0.4) is 0 Å². The van der Waals surface area contributed by atoms with Gasteiger partial charge >= 0.3 is 12.1 Å². The fraction of sp³-hybridized carbons (Fsp3) is 0.250. The van der Waals surface area contributed by atoms with Gasteiger partial charge in [-0.05, 0) is 12.1 Å². The van der Waals surface area contributed by atoms with E-state index in [9.17, 15) is 14.4 Å². The Kier molecular flexibility index (Phi) is 5.53. The Morgan fingerprint density at radius 1 is 1.06 bits per heavy atom. The van der Waals surface area contributed by atoms with Crippen molar-refractivity contribution in [3.05, 3.63) is 30.3 Å². The van der Waals surface area contributed by atoms with Gasteiger partial charge in [-0.2, -0.15) is 0 Å². The molecule has 96 valence electrons. The molecule has 0 saturated heterocycles. The van der Waals surface area contributed by atoms with Crippen molar-refractivity contribution in [2.24, 2.45) is 5.73 Å². The number of hydrogen-bond donors (Lipinski definition) is 1. The van der Waals surface area contributed by atoms with Gasteiger partial charge in [0.25, 0.3) is 0 Å². The predicted octanol–water partition coefficient (Wildman–Crippen LogP) is 1.04. The first-order chi connectivity index (χ1) is 8.61. The van der Waals surface area contributed by atoms with Crippen LogP contribution in [0.4, 0.5) is 4.79 Å². The molecule has 0 saturated carbocycles. The van der Waals surface area contributed by atoms with Crippen LogP contribution in [-0.2, 0) is 14.3 Å². The molecule has 0 heterocycles. The van der Waals surface area contributed by atoms with Crippen LogP contribution in [0.15, 0.2) is 30.3 Å². The van der Waals surface area contributed by atoms with Crippen LogP contribution in [0.1, 0.15) is 12.8 Å². The molecule has 0 aliphatic rings. The Balaban J connectivity index is 2.32. The van der Waals surface area contributed by atoms with Crippen LogP contribution in [0, 0.1) is 0 Å². The standard InChI is InChI=1S/C12H13NO5/c13-8-9(14)6-7-11(15)18-12(16)17-10-4-2-1-3-5-10/h1-5H,6-8,13H2. The first kappa shape index (κ1) is 13.9. The highest BCUT2D eigenvalue weighted by atomic mass is 16.7. The second-order valence-electron chi connectivity index (χ2n) is 3.38. The minimum absolute atomic E-state index is 0.0477. The van der Waals surface area contributed by atoms with Gasteiger partial charge in [0.2, 0.25) is 0 Å². The Hall–Kier alpha value is -2.21. The van der Waals surface area contributed by atoms with E-state index < -0.39 is 12.1 Å². The van der Waals surface area contributed by atoms with Crippen molar-refractivity contribution in [1.29, 1.82) is 0 Å². The molecule has 0 aliphatic heterocycles. The van der Waals surface area contributed by atoms with E-state index in [0.717, 1.165) is 0 Å². The topological polar surface area (TPSA) is 95.7 Å². The predicted molar refractivity (Wildman–Crippen MR) is 61.9 cm³/mol. The van der Waals surface area contributed by atoms with Crippen LogP contribution >= 0.6 is 0 Å². The number of esters is 1. The molecule has 2 N–H and O–H groups in total. The molecule has 0 aliphatic carbocycles. The average Bonchev–Trinajstić information content (AvgIpc) is 2.37. The number of ether oxygens (including phenoxy) is 2. The number of carbonyl (C=O) groups excluding carboxylic acids is 3. The lowest BCUT2D eigenvalue weighted by molar-refractivity contribution is -0.140. The van der Waals surface area contributed by atoms with Crippen LogP contribution in [0.25, 0.3) is 0 Å². The van der Waals surface area contributed by atoms with Crippen molar-refractivity contribution in [3.63, 3.8) is 0 Å². The summed E-state index contributed by atoms with van der Waals surface area (Å²) in [4.78, 5) is 33.2. The van der Waals surface area contributed by atoms with Gasteiger partial charge in [0.05, 0.1) is 13.0 Å². The first-order valence-corrected chi connectivity index (χ1v) is 5.31. The SMILES string of the molecule is NCC(=O)CCC(=O)OC(=O)Oc1ccccc1. The van der Waals surface area contributed by atoms with Crippen molar-refractivity contribution in [3.8, 4) is 5.75 Å². The molecule has 0 fully saturated rings. The van der Waals surface area contributed by atoms with Crippen LogP contribution in [0.5, 0.6) is 5.75 Å². The summed E-state index contributed by atoms with van der Waals surface area (Å²) in [7, 11) is 0. The van der Waals surface area contributed by atoms with Gasteiger partial charge in [-0.25, -0.2) is 4.79 Å². The zero-order chi connectivity index (χ0) is 13.4. The molecule has 0 unspecified atom stereocenters. The second-order valence-corrected chi connectivity index (χ2v) is 3.38. The zero-order valence-corrected chi connectivity index (χ0v) is 9.63. The number of nitrogens with two attached hydrogens (primary N) is 1. The monoisotopic (exact) mass is 251 g/mol. The molecule has 0 bridgehead atoms. The fourth-order valence-corrected chi connectivity index (χ4v) is 1.09. The maximum Gasteiger partial charge on any atom is 0.521 e. The lowest BCUT2D eigenvalue weighted by Gasteiger charge is -2.03. The highest BCUT2D eigenvalue weighted by molar-refractivity contribution is 5.87. The van der Waals surface area contributed by atoms with Crippen molar-refractivity contribution in [1.82, 2.24) is 0 Å². The summed E-state index contributed by atoms with van der Waals surface area (Å²) in [6.07, 6.45) is -1.36. The van der Waals surface area contributed by atoms with E-state index in [2.05, 4.69) is 4.74 Å². The summed E-state index contributed by atoms with van der Waals surface area (Å²) < 4.78 is 9.08. The molecule has 1 aromatic rings. The molecule has 0 spiro atoms. The van der Waals surface area contributed by atoms with Crippen LogP contribution < -0.4 is 10.5 Å². The molecular formula is C12H13NO5. The summed E-state index contributed by atoms with van der Waals surface area (Å²) in [6, 6.07) is 8.18. The van der Waals surface area contributed by atoms with Gasteiger partial charge in [0.1, 0.15) is 11.5 Å². The van der Waals surface area contributed by atoms with Crippen molar-refractivity contribution < 1.29 is 23.9 Å². The number of carbonyl (C=O) groups is 3. The van der Waals surface area contributed by atoms with E-state index in [4.69, 9.17) is 10.5 Å². The summed E-state index contributed by atoms with van der Waals surface area (Å²) in [5.74, 6) is -0.825. The van der Waals surface area contributed by atoms with Crippen LogP contribution in [-0.4, -0.2) is 24.5 Å². The van der Waals surface area contributed by atoms with Gasteiger partial charge in [-0.1, -0.05) is 18.2 Å². The lowest BCUT2D eigenvalue weighted by Crippen LogP contribution is -2.19. The third-order valence-electron chi connectivity index (χ3n) is 1.98. The van der Waals surface area contributed by atoms with E-state index in [0.29, 0.717) is 0 Å². The third-order valence-corrected chi connectivity index (χ3v) is 1.98. The summed E-state index contributed by atoms with van der Waals surface area (Å²) in [6.45, 7) is -0.137. The third kappa shape index (κ3) is 5.22. The number of hydrogen-bond acceptors (Lipinski definition) is 6. The number of para-hydroxylation sites is 1. The molecule has 0 amide bonds. The summed E-state index contributed by atoms with van der Waals surface area (Å²) in [5, 5.41) is 0. The van der Waals surface area contributed by atoms with Crippen molar-refractivity contribution in [2.45, 2.75) is 12.8 Å². The van der Waals surface area contributed by atoms with Gasteiger partial charge in [0, 0.05) is 6.42 Å². The van der Waals surface area contributed by atoms with E-state index in [1.165, 1.54) is 0 Å². The minimum Gasteiger partial charge on any atom is -0.395 e. The molecule has 0 atom stereocenters. The minimum atomic E-state index is -1.12. The summed E-state index contributed by atoms with van der Waals surface area (Å²) in [5.41, 5.74) is 5.07. The Morgan fingerprint density at radius 2 is 1.72 bits per heavy atom. The molecular weight excluding hydrogens is 238 g/mol. The van der Waals surface area contributed by atoms with Crippen LogP contribution in [0.2, 0.25) is 0 Å². The van der Waals surface area contributed by atoms with Crippen molar-refractivity contribution >= 4 is 17.9 Å². The highest BCUT2D eigenvalue weighted by Gasteiger charge is 2.13. The average molecular weight is 251 g/mol. The van der Waals surface area contributed by atoms with Gasteiger partial charge in [0.15, 0.2) is 0 Å². The van der Waals surface area contributed by atoms with E-state index >= 15 is 0 Å². The molecule has 6 heteroatoms. The first-order valence-electron chi connectivity index (χ1n) is 5.31. The largest absolute Gasteiger partial charge is 0.521 e. The normalized spacial score (nSPS) is 9.61. The number of rotatable bonds is 5. The molecule has 0 radical (unpaired) electrons. The highest BCUT2D eigenvalue weighted by Crippen LogP contribution is 2.09. The van der Waals surface area contributed by atoms with Gasteiger partial charge < -0.3 is 15.2 Å². The number of benzene rings is 1.